The number of allylic oxidation sites excluding steroid dienone is 1. The molecule has 2 rings (SSSR count). The molecule has 0 aliphatic carbocycles. The Morgan fingerprint density at radius 1 is 0.950 bits per heavy atom. The third-order valence-electron chi connectivity index (χ3n) is 2.70. The highest BCUT2D eigenvalue weighted by molar-refractivity contribution is 6.37. The molecule has 0 unspecified atom stereocenters. The van der Waals surface area contributed by atoms with Crippen molar-refractivity contribution in [3.63, 3.8) is 0 Å². The lowest BCUT2D eigenvalue weighted by Gasteiger charge is -2.00. The van der Waals surface area contributed by atoms with E-state index in [1.807, 2.05) is 0 Å². The van der Waals surface area contributed by atoms with Gasteiger partial charge in [-0.3, -0.25) is 9.59 Å². The Labute approximate surface area is 126 Å². The maximum absolute atomic E-state index is 12.0. The van der Waals surface area contributed by atoms with Crippen LogP contribution in [0, 0.1) is 0 Å². The van der Waals surface area contributed by atoms with E-state index in [0.29, 0.717) is 21.2 Å². The molecule has 0 aliphatic rings. The van der Waals surface area contributed by atoms with Gasteiger partial charge in [0.25, 0.3) is 0 Å². The third kappa shape index (κ3) is 3.56. The van der Waals surface area contributed by atoms with Crippen LogP contribution in [0.2, 0.25) is 10.0 Å². The van der Waals surface area contributed by atoms with Crippen molar-refractivity contribution in [2.75, 3.05) is 0 Å². The van der Waals surface area contributed by atoms with Crippen LogP contribution in [0.5, 0.6) is 0 Å². The van der Waals surface area contributed by atoms with Crippen molar-refractivity contribution in [3.8, 4) is 0 Å². The van der Waals surface area contributed by atoms with E-state index >= 15 is 0 Å². The van der Waals surface area contributed by atoms with Gasteiger partial charge in [-0.05, 0) is 29.8 Å². The first kappa shape index (κ1) is 14.5. The van der Waals surface area contributed by atoms with Crippen LogP contribution in [-0.2, 0) is 0 Å². The molecule has 0 aromatic heterocycles. The van der Waals surface area contributed by atoms with Gasteiger partial charge < -0.3 is 0 Å². The van der Waals surface area contributed by atoms with Crippen molar-refractivity contribution in [1.82, 2.24) is 0 Å². The predicted molar refractivity (Wildman–Crippen MR) is 81.7 cm³/mol. The Kier molecular flexibility index (Phi) is 4.72. The average Bonchev–Trinajstić information content (AvgIpc) is 2.45. The van der Waals surface area contributed by atoms with Crippen LogP contribution in [0.15, 0.2) is 48.5 Å². The minimum Gasteiger partial charge on any atom is -0.298 e. The van der Waals surface area contributed by atoms with Crippen LogP contribution < -0.4 is 0 Å². The molecule has 0 aliphatic heterocycles. The zero-order valence-corrected chi connectivity index (χ0v) is 11.9. The molecule has 0 amide bonds. The quantitative estimate of drug-likeness (QED) is 0.466. The molecule has 0 heterocycles. The molecular formula is C16H10Cl2O2. The second-order valence-corrected chi connectivity index (χ2v) is 4.95. The molecular weight excluding hydrogens is 295 g/mol. The number of hydrogen-bond acceptors (Lipinski definition) is 2. The number of aldehydes is 1. The molecule has 2 nitrogen and oxygen atoms in total. The van der Waals surface area contributed by atoms with E-state index < -0.39 is 0 Å². The summed E-state index contributed by atoms with van der Waals surface area (Å²) < 4.78 is 0. The minimum atomic E-state index is -0.203. The lowest BCUT2D eigenvalue weighted by Crippen LogP contribution is -1.95. The van der Waals surface area contributed by atoms with Crippen molar-refractivity contribution in [1.29, 1.82) is 0 Å². The first-order valence-corrected chi connectivity index (χ1v) is 6.58. The fraction of sp³-hybridized carbons (Fsp3) is 0. The highest BCUT2D eigenvalue weighted by Crippen LogP contribution is 2.21. The van der Waals surface area contributed by atoms with Gasteiger partial charge in [0.15, 0.2) is 5.78 Å². The van der Waals surface area contributed by atoms with Gasteiger partial charge in [0.05, 0.1) is 5.02 Å². The molecule has 0 fully saturated rings. The molecule has 4 heteroatoms. The van der Waals surface area contributed by atoms with Crippen molar-refractivity contribution < 1.29 is 9.59 Å². The van der Waals surface area contributed by atoms with Gasteiger partial charge in [-0.2, -0.15) is 0 Å². The van der Waals surface area contributed by atoms with E-state index in [4.69, 9.17) is 23.2 Å². The van der Waals surface area contributed by atoms with Gasteiger partial charge in [-0.15, -0.1) is 0 Å². The summed E-state index contributed by atoms with van der Waals surface area (Å²) in [6.45, 7) is 0. The molecule has 0 radical (unpaired) electrons. The molecule has 0 spiro atoms. The van der Waals surface area contributed by atoms with Gasteiger partial charge in [0, 0.05) is 16.1 Å². The third-order valence-corrected chi connectivity index (χ3v) is 3.24. The monoisotopic (exact) mass is 304 g/mol. The molecule has 0 saturated heterocycles. The lowest BCUT2D eigenvalue weighted by atomic mass is 10.1. The van der Waals surface area contributed by atoms with E-state index in [1.165, 1.54) is 12.1 Å². The van der Waals surface area contributed by atoms with Crippen molar-refractivity contribution in [2.45, 2.75) is 0 Å². The highest BCUT2D eigenvalue weighted by Gasteiger charge is 2.07. The Morgan fingerprint density at radius 3 is 2.20 bits per heavy atom. The summed E-state index contributed by atoms with van der Waals surface area (Å²) in [4.78, 5) is 22.5. The van der Waals surface area contributed by atoms with Crippen LogP contribution in [0.1, 0.15) is 26.3 Å². The largest absolute Gasteiger partial charge is 0.298 e. The predicted octanol–water partition coefficient (Wildman–Crippen LogP) is 4.70. The number of ketones is 1. The number of benzene rings is 2. The zero-order chi connectivity index (χ0) is 14.5. The topological polar surface area (TPSA) is 34.1 Å². The Balaban J connectivity index is 2.17. The van der Waals surface area contributed by atoms with E-state index in [1.54, 1.807) is 42.5 Å². The van der Waals surface area contributed by atoms with Crippen molar-refractivity contribution >= 4 is 41.3 Å². The molecule has 0 bridgehead atoms. The number of halogens is 2. The van der Waals surface area contributed by atoms with E-state index in [2.05, 4.69) is 0 Å². The molecule has 2 aromatic carbocycles. The van der Waals surface area contributed by atoms with Gasteiger partial charge in [-0.1, -0.05) is 53.5 Å². The smallest absolute Gasteiger partial charge is 0.187 e. The second kappa shape index (κ2) is 6.51. The van der Waals surface area contributed by atoms with Gasteiger partial charge in [0.2, 0.25) is 0 Å². The Bertz CT molecular complexity index is 673. The second-order valence-electron chi connectivity index (χ2n) is 4.11. The Hall–Kier alpha value is -1.90. The fourth-order valence-corrected chi connectivity index (χ4v) is 2.14. The number of carbonyl (C=O) groups excluding carboxylic acids is 2. The summed E-state index contributed by atoms with van der Waals surface area (Å²) in [6, 6.07) is 11.6. The highest BCUT2D eigenvalue weighted by atomic mass is 35.5. The number of hydrogen-bond donors (Lipinski definition) is 0. The molecule has 0 saturated carbocycles. The molecule has 2 aromatic rings. The maximum Gasteiger partial charge on any atom is 0.187 e. The van der Waals surface area contributed by atoms with Crippen LogP contribution in [0.3, 0.4) is 0 Å². The SMILES string of the molecule is O=Cc1ccc(/C=C/C(=O)c2ccc(Cl)cc2Cl)cc1. The summed E-state index contributed by atoms with van der Waals surface area (Å²) in [6.07, 6.45) is 3.87. The van der Waals surface area contributed by atoms with Crippen molar-refractivity contribution in [2.24, 2.45) is 0 Å². The average molecular weight is 305 g/mol. The van der Waals surface area contributed by atoms with Crippen LogP contribution >= 0.6 is 23.2 Å². The van der Waals surface area contributed by atoms with Gasteiger partial charge in [0.1, 0.15) is 6.29 Å². The summed E-state index contributed by atoms with van der Waals surface area (Å²) in [5, 5.41) is 0.809. The summed E-state index contributed by atoms with van der Waals surface area (Å²) in [7, 11) is 0. The summed E-state index contributed by atoms with van der Waals surface area (Å²) in [5.41, 5.74) is 1.82. The fourth-order valence-electron chi connectivity index (χ4n) is 1.64. The molecule has 0 N–H and O–H groups in total. The normalized spacial score (nSPS) is 10.7. The Morgan fingerprint density at radius 2 is 1.60 bits per heavy atom. The maximum atomic E-state index is 12.0. The van der Waals surface area contributed by atoms with Crippen LogP contribution in [-0.4, -0.2) is 12.1 Å². The molecule has 100 valence electrons. The van der Waals surface area contributed by atoms with E-state index in [0.717, 1.165) is 11.8 Å². The summed E-state index contributed by atoms with van der Waals surface area (Å²) in [5.74, 6) is -0.203. The van der Waals surface area contributed by atoms with Gasteiger partial charge in [-0.25, -0.2) is 0 Å². The van der Waals surface area contributed by atoms with E-state index in [-0.39, 0.29) is 5.78 Å². The zero-order valence-electron chi connectivity index (χ0n) is 10.3. The van der Waals surface area contributed by atoms with Crippen LogP contribution in [0.4, 0.5) is 0 Å². The number of carbonyl (C=O) groups is 2. The number of rotatable bonds is 4. The standard InChI is InChI=1S/C16H10Cl2O2/c17-13-6-7-14(15(18)9-13)16(20)8-5-11-1-3-12(10-19)4-2-11/h1-10H/b8-5+. The van der Waals surface area contributed by atoms with Gasteiger partial charge >= 0.3 is 0 Å². The van der Waals surface area contributed by atoms with Crippen molar-refractivity contribution in [3.05, 3.63) is 75.3 Å². The lowest BCUT2D eigenvalue weighted by molar-refractivity contribution is 0.104. The summed E-state index contributed by atoms with van der Waals surface area (Å²) >= 11 is 11.7. The minimum absolute atomic E-state index is 0.203. The molecule has 20 heavy (non-hydrogen) atoms. The molecule has 0 atom stereocenters. The van der Waals surface area contributed by atoms with E-state index in [9.17, 15) is 9.59 Å². The first-order chi connectivity index (χ1) is 9.60. The van der Waals surface area contributed by atoms with Crippen LogP contribution in [0.25, 0.3) is 6.08 Å². The first-order valence-electron chi connectivity index (χ1n) is 5.83.